The minimum Gasteiger partial charge on any atom is -0.480 e. The summed E-state index contributed by atoms with van der Waals surface area (Å²) in [6.07, 6.45) is 1.04. The van der Waals surface area contributed by atoms with Crippen molar-refractivity contribution >= 4 is 18.0 Å². The molecule has 1 saturated carbocycles. The minimum atomic E-state index is -1.08. The van der Waals surface area contributed by atoms with Crippen LogP contribution in [0.4, 0.5) is 4.79 Å². The summed E-state index contributed by atoms with van der Waals surface area (Å²) in [7, 11) is 1.50. The smallest absolute Gasteiger partial charge is 0.407 e. The first-order valence-electron chi connectivity index (χ1n) is 11.1. The van der Waals surface area contributed by atoms with Gasteiger partial charge in [-0.3, -0.25) is 9.59 Å². The van der Waals surface area contributed by atoms with Gasteiger partial charge < -0.3 is 24.8 Å². The molecule has 2 aliphatic carbocycles. The molecule has 0 radical (unpaired) electrons. The van der Waals surface area contributed by atoms with Crippen LogP contribution < -0.4 is 5.32 Å². The third kappa shape index (κ3) is 5.17. The molecule has 0 aromatic heterocycles. The van der Waals surface area contributed by atoms with Crippen LogP contribution in [0.1, 0.15) is 36.3 Å². The summed E-state index contributed by atoms with van der Waals surface area (Å²) in [5.74, 6) is -1.60. The highest BCUT2D eigenvalue weighted by Crippen LogP contribution is 2.44. The Morgan fingerprint density at radius 1 is 1.06 bits per heavy atom. The topological polar surface area (TPSA) is 105 Å². The number of aliphatic carboxylic acids is 1. The Labute approximate surface area is 192 Å². The SMILES string of the molecule is COCCC(NC(=O)OCC1c2ccccc2-c2ccccc21)C(=O)N(CC(=O)O)C1CC1. The van der Waals surface area contributed by atoms with Crippen LogP contribution in [0.5, 0.6) is 0 Å². The molecule has 2 N–H and O–H groups in total. The highest BCUT2D eigenvalue weighted by Gasteiger charge is 2.38. The normalized spacial score (nSPS) is 15.3. The average Bonchev–Trinajstić information content (AvgIpc) is 3.61. The van der Waals surface area contributed by atoms with Crippen LogP contribution in [0.25, 0.3) is 11.1 Å². The Balaban J connectivity index is 1.43. The molecule has 174 valence electrons. The summed E-state index contributed by atoms with van der Waals surface area (Å²) < 4.78 is 10.6. The first kappa shape index (κ1) is 22.8. The number of carboxylic acids is 1. The number of hydrogen-bond donors (Lipinski definition) is 2. The number of carboxylic acid groups (broad SMARTS) is 1. The van der Waals surface area contributed by atoms with Crippen molar-refractivity contribution in [2.75, 3.05) is 26.9 Å². The van der Waals surface area contributed by atoms with Crippen molar-refractivity contribution in [3.05, 3.63) is 59.7 Å². The van der Waals surface area contributed by atoms with Gasteiger partial charge in [0.05, 0.1) is 0 Å². The molecule has 1 fully saturated rings. The van der Waals surface area contributed by atoms with Crippen molar-refractivity contribution in [2.24, 2.45) is 0 Å². The lowest BCUT2D eigenvalue weighted by molar-refractivity contribution is -0.146. The Morgan fingerprint density at radius 3 is 2.21 bits per heavy atom. The summed E-state index contributed by atoms with van der Waals surface area (Å²) >= 11 is 0. The Bertz CT molecular complexity index is 990. The maximum absolute atomic E-state index is 13.0. The van der Waals surface area contributed by atoms with E-state index in [9.17, 15) is 19.5 Å². The van der Waals surface area contributed by atoms with Crippen molar-refractivity contribution in [1.29, 1.82) is 0 Å². The monoisotopic (exact) mass is 452 g/mol. The molecule has 2 amide bonds. The molecule has 8 nitrogen and oxygen atoms in total. The Hall–Kier alpha value is -3.39. The molecule has 2 aromatic rings. The predicted octanol–water partition coefficient (Wildman–Crippen LogP) is 3.01. The standard InChI is InChI=1S/C25H28N2O6/c1-32-13-12-22(24(30)27(14-23(28)29)16-10-11-16)26-25(31)33-15-21-19-8-4-2-6-17(19)18-7-3-5-9-20(18)21/h2-9,16,21-22H,10-15H2,1H3,(H,26,31)(H,28,29). The predicted molar refractivity (Wildman–Crippen MR) is 121 cm³/mol. The lowest BCUT2D eigenvalue weighted by atomic mass is 9.98. The number of carbonyl (C=O) groups is 3. The zero-order chi connectivity index (χ0) is 23.4. The highest BCUT2D eigenvalue weighted by molar-refractivity contribution is 5.88. The van der Waals surface area contributed by atoms with E-state index in [1.54, 1.807) is 0 Å². The van der Waals surface area contributed by atoms with Crippen molar-refractivity contribution < 1.29 is 29.0 Å². The van der Waals surface area contributed by atoms with Gasteiger partial charge in [-0.25, -0.2) is 4.79 Å². The fourth-order valence-corrected chi connectivity index (χ4v) is 4.39. The lowest BCUT2D eigenvalue weighted by Gasteiger charge is -2.26. The van der Waals surface area contributed by atoms with E-state index in [0.717, 1.165) is 35.1 Å². The largest absolute Gasteiger partial charge is 0.480 e. The van der Waals surface area contributed by atoms with Crippen LogP contribution in [-0.2, 0) is 19.1 Å². The number of nitrogens with one attached hydrogen (secondary N) is 1. The number of benzene rings is 2. The Morgan fingerprint density at radius 2 is 1.67 bits per heavy atom. The molecular formula is C25H28N2O6. The van der Waals surface area contributed by atoms with Gasteiger partial charge in [-0.15, -0.1) is 0 Å². The zero-order valence-electron chi connectivity index (χ0n) is 18.5. The number of fused-ring (bicyclic) bond motifs is 3. The van der Waals surface area contributed by atoms with Crippen LogP contribution in [0.3, 0.4) is 0 Å². The van der Waals surface area contributed by atoms with Gasteiger partial charge in [-0.2, -0.15) is 0 Å². The van der Waals surface area contributed by atoms with Crippen molar-refractivity contribution in [1.82, 2.24) is 10.2 Å². The molecule has 0 heterocycles. The third-order valence-electron chi connectivity index (χ3n) is 6.12. The summed E-state index contributed by atoms with van der Waals surface area (Å²) in [6.45, 7) is -0.0164. The van der Waals surface area contributed by atoms with E-state index in [4.69, 9.17) is 9.47 Å². The number of hydrogen-bond acceptors (Lipinski definition) is 5. The molecule has 33 heavy (non-hydrogen) atoms. The molecule has 1 unspecified atom stereocenters. The summed E-state index contributed by atoms with van der Waals surface area (Å²) in [5, 5.41) is 11.8. The number of alkyl carbamates (subject to hydrolysis) is 1. The van der Waals surface area contributed by atoms with Gasteiger partial charge >= 0.3 is 12.1 Å². The quantitative estimate of drug-likeness (QED) is 0.574. The van der Waals surface area contributed by atoms with Gasteiger partial charge in [0.15, 0.2) is 0 Å². The fourth-order valence-electron chi connectivity index (χ4n) is 4.39. The molecule has 0 spiro atoms. The molecule has 8 heteroatoms. The molecule has 4 rings (SSSR count). The third-order valence-corrected chi connectivity index (χ3v) is 6.12. The van der Waals surface area contributed by atoms with Crippen molar-refractivity contribution in [3.8, 4) is 11.1 Å². The van der Waals surface area contributed by atoms with Gasteiger partial charge in [-0.05, 0) is 35.1 Å². The molecule has 1 atom stereocenters. The molecule has 0 aliphatic heterocycles. The van der Waals surface area contributed by atoms with Gasteiger partial charge in [0.2, 0.25) is 5.91 Å². The fraction of sp³-hybridized carbons (Fsp3) is 0.400. The second-order valence-electron chi connectivity index (χ2n) is 8.39. The molecule has 0 bridgehead atoms. The number of carbonyl (C=O) groups excluding carboxylic acids is 2. The van der Waals surface area contributed by atoms with Crippen molar-refractivity contribution in [2.45, 2.75) is 37.3 Å². The molecular weight excluding hydrogens is 424 g/mol. The number of nitrogens with zero attached hydrogens (tertiary/aromatic N) is 1. The van der Waals surface area contributed by atoms with Gasteiger partial charge in [-0.1, -0.05) is 48.5 Å². The van der Waals surface area contributed by atoms with E-state index in [1.165, 1.54) is 12.0 Å². The van der Waals surface area contributed by atoms with Gasteiger partial charge in [0, 0.05) is 32.1 Å². The van der Waals surface area contributed by atoms with E-state index in [0.29, 0.717) is 0 Å². The number of methoxy groups -OCH3 is 1. The van der Waals surface area contributed by atoms with E-state index in [-0.39, 0.29) is 38.1 Å². The second-order valence-corrected chi connectivity index (χ2v) is 8.39. The zero-order valence-corrected chi connectivity index (χ0v) is 18.5. The number of amides is 2. The first-order chi connectivity index (χ1) is 16.0. The van der Waals surface area contributed by atoms with Crippen LogP contribution in [-0.4, -0.2) is 66.9 Å². The summed E-state index contributed by atoms with van der Waals surface area (Å²) in [6, 6.07) is 15.1. The number of ether oxygens (including phenoxy) is 2. The second kappa shape index (κ2) is 10.0. The van der Waals surface area contributed by atoms with E-state index in [2.05, 4.69) is 17.4 Å². The maximum atomic E-state index is 13.0. The molecule has 2 aromatic carbocycles. The van der Waals surface area contributed by atoms with Crippen LogP contribution >= 0.6 is 0 Å². The van der Waals surface area contributed by atoms with E-state index >= 15 is 0 Å². The highest BCUT2D eigenvalue weighted by atomic mass is 16.5. The molecule has 2 aliphatic rings. The molecule has 0 saturated heterocycles. The first-order valence-corrected chi connectivity index (χ1v) is 11.1. The van der Waals surface area contributed by atoms with Crippen LogP contribution in [0, 0.1) is 0 Å². The van der Waals surface area contributed by atoms with Gasteiger partial charge in [0.25, 0.3) is 0 Å². The van der Waals surface area contributed by atoms with Crippen molar-refractivity contribution in [3.63, 3.8) is 0 Å². The minimum absolute atomic E-state index is 0.0914. The van der Waals surface area contributed by atoms with E-state index in [1.807, 2.05) is 36.4 Å². The summed E-state index contributed by atoms with van der Waals surface area (Å²) in [5.41, 5.74) is 4.45. The summed E-state index contributed by atoms with van der Waals surface area (Å²) in [4.78, 5) is 38.2. The average molecular weight is 453 g/mol. The van der Waals surface area contributed by atoms with Crippen LogP contribution in [0.2, 0.25) is 0 Å². The lowest BCUT2D eigenvalue weighted by Crippen LogP contribution is -2.51. The Kier molecular flexibility index (Phi) is 6.93. The van der Waals surface area contributed by atoms with Crippen LogP contribution in [0.15, 0.2) is 48.5 Å². The van der Waals surface area contributed by atoms with Gasteiger partial charge in [0.1, 0.15) is 19.2 Å². The van der Waals surface area contributed by atoms with E-state index < -0.39 is 24.0 Å². The maximum Gasteiger partial charge on any atom is 0.407 e. The number of rotatable bonds is 10.